The molecule has 5 rings (SSSR count). The van der Waals surface area contributed by atoms with Crippen LogP contribution in [0.2, 0.25) is 5.02 Å². The van der Waals surface area contributed by atoms with E-state index in [0.717, 1.165) is 23.8 Å². The molecule has 0 spiro atoms. The van der Waals surface area contributed by atoms with Crippen LogP contribution in [0.15, 0.2) is 42.1 Å². The first-order valence-corrected chi connectivity index (χ1v) is 10.8. The Balaban J connectivity index is 1.51. The van der Waals surface area contributed by atoms with Crippen LogP contribution in [0.4, 0.5) is 0 Å². The maximum absolute atomic E-state index is 6.32. The number of hydrogen-bond donors (Lipinski definition) is 0. The van der Waals surface area contributed by atoms with Gasteiger partial charge in [0.15, 0.2) is 0 Å². The molecule has 3 heteroatoms. The summed E-state index contributed by atoms with van der Waals surface area (Å²) in [5.74, 6) is 0.961. The molecular weight excluding hydrogens is 352 g/mol. The van der Waals surface area contributed by atoms with E-state index in [1.807, 2.05) is 12.3 Å². The van der Waals surface area contributed by atoms with Gasteiger partial charge >= 0.3 is 0 Å². The number of likely N-dealkylation sites (tertiary alicyclic amines) is 1. The third-order valence-electron chi connectivity index (χ3n) is 6.68. The van der Waals surface area contributed by atoms with Crippen molar-refractivity contribution >= 4 is 17.2 Å². The summed E-state index contributed by atoms with van der Waals surface area (Å²) in [5, 5.41) is 0.840. The molecule has 0 bridgehead atoms. The number of aromatic nitrogens is 1. The molecule has 140 valence electrons. The van der Waals surface area contributed by atoms with Gasteiger partial charge in [-0.1, -0.05) is 35.7 Å². The molecule has 2 fully saturated rings. The standard InChI is InChI=1S/C24H27ClN2/c25-21-8-9-22-20(15-21)7-6-19-5-2-12-26-24(19)23(22)18-10-13-27(14-11-18)16-17-3-1-4-17/h2,5,8-9,12,15,17H,1,3-4,6-7,10-11,13-14,16H2. The second-order valence-electron chi connectivity index (χ2n) is 8.39. The molecule has 1 aromatic heterocycles. The highest BCUT2D eigenvalue weighted by atomic mass is 35.5. The van der Waals surface area contributed by atoms with Crippen molar-refractivity contribution in [1.82, 2.24) is 9.88 Å². The van der Waals surface area contributed by atoms with Gasteiger partial charge in [-0.15, -0.1) is 0 Å². The van der Waals surface area contributed by atoms with Crippen molar-refractivity contribution in [2.75, 3.05) is 19.6 Å². The SMILES string of the molecule is Clc1ccc2c(c1)CCc1cccnc1C2=C1CCN(CC2CCC2)CC1. The molecule has 0 radical (unpaired) electrons. The highest BCUT2D eigenvalue weighted by molar-refractivity contribution is 6.30. The second-order valence-corrected chi connectivity index (χ2v) is 8.83. The van der Waals surface area contributed by atoms with Gasteiger partial charge < -0.3 is 4.90 Å². The summed E-state index contributed by atoms with van der Waals surface area (Å²) in [6.45, 7) is 3.70. The second kappa shape index (κ2) is 7.41. The van der Waals surface area contributed by atoms with Crippen molar-refractivity contribution in [2.24, 2.45) is 5.92 Å². The van der Waals surface area contributed by atoms with Crippen LogP contribution < -0.4 is 0 Å². The predicted molar refractivity (Wildman–Crippen MR) is 112 cm³/mol. The maximum Gasteiger partial charge on any atom is 0.0739 e. The molecule has 2 heterocycles. The first-order chi connectivity index (χ1) is 13.3. The Morgan fingerprint density at radius 2 is 1.81 bits per heavy atom. The third kappa shape index (κ3) is 3.46. The topological polar surface area (TPSA) is 16.1 Å². The highest BCUT2D eigenvalue weighted by Gasteiger charge is 2.27. The van der Waals surface area contributed by atoms with Crippen LogP contribution in [0.1, 0.15) is 54.5 Å². The molecule has 2 aromatic rings. The van der Waals surface area contributed by atoms with Crippen molar-refractivity contribution in [1.29, 1.82) is 0 Å². The van der Waals surface area contributed by atoms with Crippen LogP contribution in [-0.2, 0) is 12.8 Å². The molecule has 2 aliphatic carbocycles. The molecular formula is C24H27ClN2. The Kier molecular flexibility index (Phi) is 4.79. The monoisotopic (exact) mass is 378 g/mol. The summed E-state index contributed by atoms with van der Waals surface area (Å²) >= 11 is 6.32. The third-order valence-corrected chi connectivity index (χ3v) is 6.92. The number of pyridine rings is 1. The fourth-order valence-electron chi connectivity index (χ4n) is 4.93. The van der Waals surface area contributed by atoms with Crippen molar-refractivity contribution in [3.63, 3.8) is 0 Å². The van der Waals surface area contributed by atoms with E-state index in [2.05, 4.69) is 29.2 Å². The van der Waals surface area contributed by atoms with Crippen LogP contribution in [0, 0.1) is 5.92 Å². The maximum atomic E-state index is 6.32. The van der Waals surface area contributed by atoms with Crippen LogP contribution >= 0.6 is 11.6 Å². The smallest absolute Gasteiger partial charge is 0.0739 e. The molecule has 3 aliphatic rings. The van der Waals surface area contributed by atoms with Crippen LogP contribution in [0.25, 0.3) is 5.57 Å². The first-order valence-electron chi connectivity index (χ1n) is 10.5. The van der Waals surface area contributed by atoms with Crippen molar-refractivity contribution in [2.45, 2.75) is 44.9 Å². The number of nitrogens with zero attached hydrogens (tertiary/aromatic N) is 2. The summed E-state index contributed by atoms with van der Waals surface area (Å²) < 4.78 is 0. The summed E-state index contributed by atoms with van der Waals surface area (Å²) in [6, 6.07) is 10.8. The van der Waals surface area contributed by atoms with E-state index in [-0.39, 0.29) is 0 Å². The largest absolute Gasteiger partial charge is 0.302 e. The molecule has 1 aromatic carbocycles. The zero-order valence-electron chi connectivity index (χ0n) is 15.9. The van der Waals surface area contributed by atoms with E-state index in [0.29, 0.717) is 0 Å². The minimum atomic E-state index is 0.840. The minimum Gasteiger partial charge on any atom is -0.302 e. The van der Waals surface area contributed by atoms with Crippen molar-refractivity contribution in [3.8, 4) is 0 Å². The van der Waals surface area contributed by atoms with Crippen LogP contribution in [0.5, 0.6) is 0 Å². The normalized spacial score (nSPS) is 20.6. The van der Waals surface area contributed by atoms with Gasteiger partial charge in [-0.05, 0) is 79.3 Å². The number of halogens is 1. The van der Waals surface area contributed by atoms with Gasteiger partial charge in [0.25, 0.3) is 0 Å². The number of aryl methyl sites for hydroxylation is 2. The lowest BCUT2D eigenvalue weighted by Crippen LogP contribution is -2.37. The fraction of sp³-hybridized carbons (Fsp3) is 0.458. The Bertz CT molecular complexity index is 872. The average molecular weight is 379 g/mol. The Hall–Kier alpha value is -1.64. The van der Waals surface area contributed by atoms with E-state index < -0.39 is 0 Å². The van der Waals surface area contributed by atoms with E-state index in [9.17, 15) is 0 Å². The number of rotatable bonds is 2. The number of piperidine rings is 1. The molecule has 27 heavy (non-hydrogen) atoms. The fourth-order valence-corrected chi connectivity index (χ4v) is 5.12. The zero-order chi connectivity index (χ0) is 18.2. The average Bonchev–Trinajstić information content (AvgIpc) is 2.82. The quantitative estimate of drug-likeness (QED) is 0.682. The van der Waals surface area contributed by atoms with E-state index in [1.165, 1.54) is 79.7 Å². The first kappa shape index (κ1) is 17.5. The molecule has 1 aliphatic heterocycles. The van der Waals surface area contributed by atoms with Crippen molar-refractivity contribution in [3.05, 3.63) is 69.5 Å². The zero-order valence-corrected chi connectivity index (χ0v) is 16.6. The lowest BCUT2D eigenvalue weighted by atomic mass is 9.84. The van der Waals surface area contributed by atoms with Gasteiger partial charge in [0, 0.05) is 36.4 Å². The number of hydrogen-bond acceptors (Lipinski definition) is 2. The molecule has 1 saturated heterocycles. The lowest BCUT2D eigenvalue weighted by Gasteiger charge is -2.35. The number of fused-ring (bicyclic) bond motifs is 2. The number of benzene rings is 1. The summed E-state index contributed by atoms with van der Waals surface area (Å²) in [6.07, 6.45) is 10.7. The summed E-state index contributed by atoms with van der Waals surface area (Å²) in [4.78, 5) is 7.53. The Morgan fingerprint density at radius 3 is 2.59 bits per heavy atom. The van der Waals surface area contributed by atoms with E-state index in [4.69, 9.17) is 16.6 Å². The van der Waals surface area contributed by atoms with Gasteiger partial charge in [0.05, 0.1) is 5.69 Å². The van der Waals surface area contributed by atoms with Gasteiger partial charge in [-0.25, -0.2) is 0 Å². The van der Waals surface area contributed by atoms with E-state index in [1.54, 1.807) is 5.57 Å². The van der Waals surface area contributed by atoms with Gasteiger partial charge in [-0.2, -0.15) is 0 Å². The van der Waals surface area contributed by atoms with Crippen LogP contribution in [-0.4, -0.2) is 29.5 Å². The Labute approximate surface area is 167 Å². The molecule has 0 amide bonds. The highest BCUT2D eigenvalue weighted by Crippen LogP contribution is 2.38. The van der Waals surface area contributed by atoms with Crippen molar-refractivity contribution < 1.29 is 0 Å². The van der Waals surface area contributed by atoms with E-state index >= 15 is 0 Å². The molecule has 2 nitrogen and oxygen atoms in total. The molecule has 0 atom stereocenters. The van der Waals surface area contributed by atoms with Gasteiger partial charge in [0.1, 0.15) is 0 Å². The lowest BCUT2D eigenvalue weighted by molar-refractivity contribution is 0.169. The molecule has 0 N–H and O–H groups in total. The summed E-state index contributed by atoms with van der Waals surface area (Å²) in [5.41, 5.74) is 8.31. The van der Waals surface area contributed by atoms with Gasteiger partial charge in [0.2, 0.25) is 0 Å². The predicted octanol–water partition coefficient (Wildman–Crippen LogP) is 5.53. The van der Waals surface area contributed by atoms with Gasteiger partial charge in [-0.3, -0.25) is 4.98 Å². The summed E-state index contributed by atoms with van der Waals surface area (Å²) in [7, 11) is 0. The molecule has 0 unspecified atom stereocenters. The Morgan fingerprint density at radius 1 is 1.00 bits per heavy atom. The van der Waals surface area contributed by atoms with Crippen LogP contribution in [0.3, 0.4) is 0 Å². The molecule has 1 saturated carbocycles. The minimum absolute atomic E-state index is 0.840.